The van der Waals surface area contributed by atoms with Gasteiger partial charge in [0.15, 0.2) is 23.1 Å². The zero-order chi connectivity index (χ0) is 30.0. The van der Waals surface area contributed by atoms with Gasteiger partial charge in [0.1, 0.15) is 28.0 Å². The number of hydrogen-bond acceptors (Lipinski definition) is 7. The van der Waals surface area contributed by atoms with Gasteiger partial charge < -0.3 is 19.7 Å². The number of fused-ring (bicyclic) bond motifs is 1. The van der Waals surface area contributed by atoms with Crippen molar-refractivity contribution >= 4 is 22.5 Å². The maximum absolute atomic E-state index is 13.8. The molecule has 0 aliphatic rings. The number of carbonyl (C=O) groups excluding carboxylic acids is 2. The molecule has 7 heteroatoms. The number of phenols is 3. The number of Topliss-reactive ketones (excluding diaryl/α,β-unsaturated/α-hetero) is 2. The van der Waals surface area contributed by atoms with Crippen LogP contribution < -0.4 is 5.43 Å². The van der Waals surface area contributed by atoms with Gasteiger partial charge >= 0.3 is 0 Å². The molecule has 0 bridgehead atoms. The van der Waals surface area contributed by atoms with Gasteiger partial charge in [-0.05, 0) is 68.1 Å². The lowest BCUT2D eigenvalue weighted by atomic mass is 9.95. The minimum absolute atomic E-state index is 0.00721. The van der Waals surface area contributed by atoms with E-state index in [-0.39, 0.29) is 57.8 Å². The molecule has 0 aliphatic carbocycles. The first-order chi connectivity index (χ1) is 20.1. The highest BCUT2D eigenvalue weighted by molar-refractivity contribution is 6.06. The minimum Gasteiger partial charge on any atom is -0.507 e. The van der Waals surface area contributed by atoms with Crippen LogP contribution in [-0.2, 0) is 12.8 Å². The predicted octanol–water partition coefficient (Wildman–Crippen LogP) is 6.82. The number of aromatic hydroxyl groups is 3. The number of carbonyl (C=O) groups is 2. The molecule has 0 aliphatic heterocycles. The summed E-state index contributed by atoms with van der Waals surface area (Å²) in [6, 6.07) is 22.0. The van der Waals surface area contributed by atoms with Gasteiger partial charge in [0.25, 0.3) is 0 Å². The first kappa shape index (κ1) is 28.4. The monoisotopic (exact) mass is 562 g/mol. The Bertz CT molecular complexity index is 1860. The molecule has 0 saturated carbocycles. The average Bonchev–Trinajstić information content (AvgIpc) is 2.97. The third-order valence-electron chi connectivity index (χ3n) is 7.34. The molecule has 0 spiro atoms. The standard InChI is InChI=1S/C35H30O7/c1-20-3-7-22(8-4-20)11-14-26(36)25-18-30(40)32-31(19-25)42-35(24-13-16-27(37)29(39)17-24)33(34(32)41)28(38)15-12-23-9-5-21(2)6-10-23/h3-10,13,16-19,37,39-40H,11-12,14-15H2,1-2H3. The van der Waals surface area contributed by atoms with Crippen LogP contribution in [0.2, 0.25) is 0 Å². The minimum atomic E-state index is -0.746. The van der Waals surface area contributed by atoms with Crippen LogP contribution in [0.1, 0.15) is 55.8 Å². The fourth-order valence-corrected chi connectivity index (χ4v) is 4.88. The second-order valence-electron chi connectivity index (χ2n) is 10.5. The maximum atomic E-state index is 13.8. The van der Waals surface area contributed by atoms with Crippen molar-refractivity contribution in [3.05, 3.63) is 122 Å². The van der Waals surface area contributed by atoms with E-state index in [0.29, 0.717) is 12.8 Å². The van der Waals surface area contributed by atoms with Gasteiger partial charge in [0, 0.05) is 24.0 Å². The van der Waals surface area contributed by atoms with Crippen molar-refractivity contribution in [2.45, 2.75) is 39.5 Å². The van der Waals surface area contributed by atoms with Crippen molar-refractivity contribution in [1.82, 2.24) is 0 Å². The van der Waals surface area contributed by atoms with Crippen LogP contribution in [0.4, 0.5) is 0 Å². The summed E-state index contributed by atoms with van der Waals surface area (Å²) in [5.74, 6) is -2.19. The van der Waals surface area contributed by atoms with Gasteiger partial charge in [-0.3, -0.25) is 14.4 Å². The Morgan fingerprint density at radius 3 is 1.81 bits per heavy atom. The van der Waals surface area contributed by atoms with Gasteiger partial charge in [-0.25, -0.2) is 0 Å². The first-order valence-electron chi connectivity index (χ1n) is 13.6. The molecule has 3 N–H and O–H groups in total. The van der Waals surface area contributed by atoms with E-state index in [4.69, 9.17) is 4.42 Å². The van der Waals surface area contributed by atoms with E-state index in [2.05, 4.69) is 0 Å². The Labute approximate surface area is 242 Å². The average molecular weight is 563 g/mol. The van der Waals surface area contributed by atoms with Gasteiger partial charge in [-0.2, -0.15) is 0 Å². The Kier molecular flexibility index (Phi) is 7.93. The number of benzene rings is 4. The van der Waals surface area contributed by atoms with E-state index in [0.717, 1.165) is 22.3 Å². The van der Waals surface area contributed by atoms with E-state index >= 15 is 0 Å². The highest BCUT2D eigenvalue weighted by Gasteiger charge is 2.25. The highest BCUT2D eigenvalue weighted by atomic mass is 16.3. The quantitative estimate of drug-likeness (QED) is 0.133. The van der Waals surface area contributed by atoms with E-state index in [9.17, 15) is 29.7 Å². The van der Waals surface area contributed by atoms with Crippen LogP contribution >= 0.6 is 0 Å². The molecule has 0 atom stereocenters. The van der Waals surface area contributed by atoms with Crippen molar-refractivity contribution in [2.24, 2.45) is 0 Å². The van der Waals surface area contributed by atoms with E-state index < -0.39 is 22.7 Å². The van der Waals surface area contributed by atoms with Crippen molar-refractivity contribution in [3.8, 4) is 28.6 Å². The normalized spacial score (nSPS) is 11.1. The molecule has 5 aromatic rings. The number of phenolic OH excluding ortho intramolecular Hbond substituents is 3. The fraction of sp³-hybridized carbons (Fsp3) is 0.171. The fourth-order valence-electron chi connectivity index (χ4n) is 4.88. The second-order valence-corrected chi connectivity index (χ2v) is 10.5. The molecule has 212 valence electrons. The molecule has 7 nitrogen and oxygen atoms in total. The molecule has 0 saturated heterocycles. The summed E-state index contributed by atoms with van der Waals surface area (Å²) >= 11 is 0. The van der Waals surface area contributed by atoms with Crippen LogP contribution in [-0.4, -0.2) is 26.9 Å². The van der Waals surface area contributed by atoms with Gasteiger partial charge in [0.05, 0.1) is 0 Å². The summed E-state index contributed by atoms with van der Waals surface area (Å²) in [4.78, 5) is 40.4. The molecule has 1 aromatic heterocycles. The maximum Gasteiger partial charge on any atom is 0.207 e. The third-order valence-corrected chi connectivity index (χ3v) is 7.34. The molecule has 4 aromatic carbocycles. The number of aryl methyl sites for hydroxylation is 4. The van der Waals surface area contributed by atoms with E-state index in [1.54, 1.807) is 0 Å². The van der Waals surface area contributed by atoms with Crippen LogP contribution in [0.15, 0.2) is 88.1 Å². The van der Waals surface area contributed by atoms with Gasteiger partial charge in [0.2, 0.25) is 5.43 Å². The zero-order valence-electron chi connectivity index (χ0n) is 23.3. The summed E-state index contributed by atoms with van der Waals surface area (Å²) in [6.07, 6.45) is 1.03. The Morgan fingerprint density at radius 1 is 0.667 bits per heavy atom. The summed E-state index contributed by atoms with van der Waals surface area (Å²) < 4.78 is 6.07. The second kappa shape index (κ2) is 11.7. The van der Waals surface area contributed by atoms with Crippen molar-refractivity contribution in [2.75, 3.05) is 0 Å². The summed E-state index contributed by atoms with van der Waals surface area (Å²) in [5, 5.41) is 30.6. The first-order valence-corrected chi connectivity index (χ1v) is 13.6. The van der Waals surface area contributed by atoms with Crippen molar-refractivity contribution < 1.29 is 29.3 Å². The number of rotatable bonds is 9. The highest BCUT2D eigenvalue weighted by Crippen LogP contribution is 2.35. The number of ketones is 2. The zero-order valence-corrected chi connectivity index (χ0v) is 23.3. The molecule has 42 heavy (non-hydrogen) atoms. The third kappa shape index (κ3) is 5.95. The largest absolute Gasteiger partial charge is 0.507 e. The SMILES string of the molecule is Cc1ccc(CCC(=O)c2cc(O)c3c(=O)c(C(=O)CCc4ccc(C)cc4)c(-c4ccc(O)c(O)c4)oc3c2)cc1. The summed E-state index contributed by atoms with van der Waals surface area (Å²) in [5.41, 5.74) is 3.34. The van der Waals surface area contributed by atoms with Crippen LogP contribution in [0, 0.1) is 13.8 Å². The number of hydrogen-bond donors (Lipinski definition) is 3. The molecular formula is C35H30O7. The van der Waals surface area contributed by atoms with Gasteiger partial charge in [-0.15, -0.1) is 0 Å². The molecule has 1 heterocycles. The van der Waals surface area contributed by atoms with E-state index in [1.807, 2.05) is 62.4 Å². The van der Waals surface area contributed by atoms with Gasteiger partial charge in [-0.1, -0.05) is 59.7 Å². The van der Waals surface area contributed by atoms with Crippen molar-refractivity contribution in [1.29, 1.82) is 0 Å². The lowest BCUT2D eigenvalue weighted by molar-refractivity contribution is 0.0973. The Morgan fingerprint density at radius 2 is 1.24 bits per heavy atom. The molecule has 0 fully saturated rings. The summed E-state index contributed by atoms with van der Waals surface area (Å²) in [6.45, 7) is 3.95. The lowest BCUT2D eigenvalue weighted by Crippen LogP contribution is -2.18. The Hall–Kier alpha value is -5.17. The molecule has 0 radical (unpaired) electrons. The molecule has 0 unspecified atom stereocenters. The van der Waals surface area contributed by atoms with Crippen LogP contribution in [0.5, 0.6) is 17.2 Å². The van der Waals surface area contributed by atoms with Crippen molar-refractivity contribution in [3.63, 3.8) is 0 Å². The molecular weight excluding hydrogens is 532 g/mol. The molecule has 5 rings (SSSR count). The van der Waals surface area contributed by atoms with E-state index in [1.165, 1.54) is 30.3 Å². The van der Waals surface area contributed by atoms with Crippen LogP contribution in [0.3, 0.4) is 0 Å². The van der Waals surface area contributed by atoms with Crippen LogP contribution in [0.25, 0.3) is 22.3 Å². The Balaban J connectivity index is 1.55. The topological polar surface area (TPSA) is 125 Å². The molecule has 0 amide bonds. The predicted molar refractivity (Wildman–Crippen MR) is 161 cm³/mol. The summed E-state index contributed by atoms with van der Waals surface area (Å²) in [7, 11) is 0. The lowest BCUT2D eigenvalue weighted by Gasteiger charge is -2.12. The smallest absolute Gasteiger partial charge is 0.207 e.